The quantitative estimate of drug-likeness (QED) is 0.308. The van der Waals surface area contributed by atoms with Gasteiger partial charge in [0.15, 0.2) is 18.2 Å². The average molecular weight is 492 g/mol. The third-order valence-corrected chi connectivity index (χ3v) is 5.74. The number of anilines is 1. The lowest BCUT2D eigenvalue weighted by atomic mass is 10.0. The Balaban J connectivity index is 1.21. The Labute approximate surface area is 205 Å². The zero-order valence-electron chi connectivity index (χ0n) is 17.9. The van der Waals surface area contributed by atoms with Crippen molar-refractivity contribution in [2.45, 2.75) is 13.3 Å². The number of amides is 1. The van der Waals surface area contributed by atoms with E-state index in [1.54, 1.807) is 41.2 Å². The van der Waals surface area contributed by atoms with Crippen molar-refractivity contribution in [3.05, 3.63) is 106 Å². The minimum Gasteiger partial charge on any atom is -0.470 e. The first kappa shape index (κ1) is 22.0. The molecule has 0 fully saturated rings. The second-order valence-corrected chi connectivity index (χ2v) is 8.42. The Kier molecular flexibility index (Phi) is 6.20. The monoisotopic (exact) mass is 491 g/mol. The van der Waals surface area contributed by atoms with E-state index in [9.17, 15) is 4.79 Å². The van der Waals surface area contributed by atoms with Crippen molar-refractivity contribution < 1.29 is 9.53 Å². The number of halogens is 2. The lowest BCUT2D eigenvalue weighted by molar-refractivity contribution is 0.101. The van der Waals surface area contributed by atoms with Crippen molar-refractivity contribution in [2.75, 3.05) is 5.32 Å². The van der Waals surface area contributed by atoms with Gasteiger partial charge in [-0.05, 0) is 40.6 Å². The highest BCUT2D eigenvalue weighted by Gasteiger charge is 2.12. The molecule has 2 aromatic heterocycles. The molecule has 0 saturated carbocycles. The number of benzene rings is 3. The fraction of sp³-hybridized carbons (Fsp3) is 0.0800. The van der Waals surface area contributed by atoms with Crippen LogP contribution < -0.4 is 10.1 Å². The molecule has 0 bridgehead atoms. The summed E-state index contributed by atoms with van der Waals surface area (Å²) in [4.78, 5) is 12.6. The Morgan fingerprint density at radius 2 is 1.74 bits per heavy atom. The maximum absolute atomic E-state index is 12.6. The Hall–Kier alpha value is -3.81. The minimum atomic E-state index is -0.362. The zero-order chi connectivity index (χ0) is 23.5. The number of carbonyl (C=O) groups excluding carboxylic acids is 1. The third kappa shape index (κ3) is 4.90. The molecule has 5 aromatic rings. The maximum atomic E-state index is 12.6. The van der Waals surface area contributed by atoms with E-state index >= 15 is 0 Å². The van der Waals surface area contributed by atoms with Gasteiger partial charge in [-0.3, -0.25) is 9.48 Å². The molecule has 0 radical (unpaired) electrons. The van der Waals surface area contributed by atoms with Gasteiger partial charge in [0.05, 0.1) is 11.6 Å². The molecule has 170 valence electrons. The molecule has 9 heteroatoms. The number of hydrogen-bond acceptors (Lipinski definition) is 4. The first-order chi connectivity index (χ1) is 16.5. The first-order valence-corrected chi connectivity index (χ1v) is 11.2. The average Bonchev–Trinajstić information content (AvgIpc) is 3.48. The van der Waals surface area contributed by atoms with Crippen LogP contribution in [-0.2, 0) is 13.3 Å². The molecule has 2 heterocycles. The normalized spacial score (nSPS) is 11.0. The van der Waals surface area contributed by atoms with Crippen molar-refractivity contribution in [1.82, 2.24) is 19.6 Å². The van der Waals surface area contributed by atoms with E-state index in [0.717, 1.165) is 5.56 Å². The van der Waals surface area contributed by atoms with E-state index in [1.165, 1.54) is 15.5 Å². The lowest BCUT2D eigenvalue weighted by Gasteiger charge is -2.08. The Morgan fingerprint density at radius 1 is 0.912 bits per heavy atom. The molecule has 1 amide bonds. The van der Waals surface area contributed by atoms with E-state index in [0.29, 0.717) is 28.2 Å². The highest BCUT2D eigenvalue weighted by atomic mass is 35.5. The molecule has 0 atom stereocenters. The number of ether oxygens (including phenoxy) is 1. The van der Waals surface area contributed by atoms with Crippen LogP contribution in [-0.4, -0.2) is 25.5 Å². The third-order valence-electron chi connectivity index (χ3n) is 5.21. The fourth-order valence-electron chi connectivity index (χ4n) is 3.58. The predicted molar refractivity (Wildman–Crippen MR) is 133 cm³/mol. The van der Waals surface area contributed by atoms with Gasteiger partial charge >= 0.3 is 0 Å². The van der Waals surface area contributed by atoms with Gasteiger partial charge in [-0.25, -0.2) is 4.68 Å². The molecule has 0 spiro atoms. The summed E-state index contributed by atoms with van der Waals surface area (Å²) in [6.45, 7) is 0.685. The number of nitrogens with zero attached hydrogens (tertiary/aromatic N) is 4. The zero-order valence-corrected chi connectivity index (χ0v) is 19.4. The van der Waals surface area contributed by atoms with Crippen LogP contribution in [0, 0.1) is 0 Å². The second-order valence-electron chi connectivity index (χ2n) is 7.58. The summed E-state index contributed by atoms with van der Waals surface area (Å²) in [6.07, 6.45) is 3.48. The van der Waals surface area contributed by atoms with E-state index in [-0.39, 0.29) is 18.3 Å². The topological polar surface area (TPSA) is 74.0 Å². The first-order valence-electron chi connectivity index (χ1n) is 10.5. The van der Waals surface area contributed by atoms with Crippen LogP contribution in [0.2, 0.25) is 10.0 Å². The highest BCUT2D eigenvalue weighted by Crippen LogP contribution is 2.27. The van der Waals surface area contributed by atoms with Crippen molar-refractivity contribution in [3.63, 3.8) is 0 Å². The molecule has 3 aromatic carbocycles. The fourth-order valence-corrected chi connectivity index (χ4v) is 4.05. The van der Waals surface area contributed by atoms with Gasteiger partial charge in [-0.15, -0.1) is 0 Å². The van der Waals surface area contributed by atoms with Crippen molar-refractivity contribution >= 4 is 45.7 Å². The summed E-state index contributed by atoms with van der Waals surface area (Å²) in [7, 11) is 0. The van der Waals surface area contributed by atoms with Crippen LogP contribution in [0.15, 0.2) is 85.2 Å². The summed E-state index contributed by atoms with van der Waals surface area (Å²) in [6, 6.07) is 22.7. The molecule has 7 nitrogen and oxygen atoms in total. The number of nitrogens with one attached hydrogen (secondary N) is 1. The molecular weight excluding hydrogens is 473 g/mol. The van der Waals surface area contributed by atoms with Gasteiger partial charge in [-0.2, -0.15) is 10.2 Å². The molecule has 0 aliphatic heterocycles. The van der Waals surface area contributed by atoms with Crippen LogP contribution in [0.1, 0.15) is 16.1 Å². The van der Waals surface area contributed by atoms with Gasteiger partial charge in [0.25, 0.3) is 5.91 Å². The van der Waals surface area contributed by atoms with Gasteiger partial charge in [0.1, 0.15) is 5.75 Å². The van der Waals surface area contributed by atoms with Gasteiger partial charge in [0, 0.05) is 23.5 Å². The van der Waals surface area contributed by atoms with Crippen molar-refractivity contribution in [1.29, 1.82) is 0 Å². The Morgan fingerprint density at radius 3 is 2.62 bits per heavy atom. The summed E-state index contributed by atoms with van der Waals surface area (Å²) >= 11 is 12.0. The Bertz CT molecular complexity index is 1470. The standard InChI is InChI=1S/C25H19Cl2N5O2/c26-19-8-9-23(21(27)14-19)34-16-32-12-10-22(29-32)25(33)28-24-11-13-31(30-24)15-18-6-3-5-17-4-1-2-7-20(17)18/h1-14H,15-16H2,(H,28,30,33). The molecular formula is C25H19Cl2N5O2. The van der Waals surface area contributed by atoms with E-state index in [1.807, 2.05) is 24.4 Å². The summed E-state index contributed by atoms with van der Waals surface area (Å²) in [5.41, 5.74) is 1.40. The summed E-state index contributed by atoms with van der Waals surface area (Å²) < 4.78 is 8.93. The van der Waals surface area contributed by atoms with E-state index in [4.69, 9.17) is 27.9 Å². The maximum Gasteiger partial charge on any atom is 0.277 e. The number of hydrogen-bond donors (Lipinski definition) is 1. The van der Waals surface area contributed by atoms with Gasteiger partial charge in [0.2, 0.25) is 0 Å². The smallest absolute Gasteiger partial charge is 0.277 e. The summed E-state index contributed by atoms with van der Waals surface area (Å²) in [5, 5.41) is 14.8. The largest absolute Gasteiger partial charge is 0.470 e. The van der Waals surface area contributed by atoms with Crippen LogP contribution in [0.5, 0.6) is 5.75 Å². The van der Waals surface area contributed by atoms with Gasteiger partial charge in [-0.1, -0.05) is 65.7 Å². The SMILES string of the molecule is O=C(Nc1ccn(Cc2cccc3ccccc23)n1)c1ccn(COc2ccc(Cl)cc2Cl)n1. The van der Waals surface area contributed by atoms with E-state index < -0.39 is 0 Å². The number of rotatable bonds is 7. The van der Waals surface area contributed by atoms with Crippen LogP contribution in [0.3, 0.4) is 0 Å². The van der Waals surface area contributed by atoms with Gasteiger partial charge < -0.3 is 10.1 Å². The number of aromatic nitrogens is 4. The van der Waals surface area contributed by atoms with Crippen LogP contribution >= 0.6 is 23.2 Å². The van der Waals surface area contributed by atoms with Crippen molar-refractivity contribution in [3.8, 4) is 5.75 Å². The van der Waals surface area contributed by atoms with Crippen molar-refractivity contribution in [2.24, 2.45) is 0 Å². The lowest BCUT2D eigenvalue weighted by Crippen LogP contribution is -2.15. The number of fused-ring (bicyclic) bond motifs is 1. The van der Waals surface area contributed by atoms with Crippen LogP contribution in [0.25, 0.3) is 10.8 Å². The molecule has 0 aliphatic carbocycles. The number of carbonyl (C=O) groups is 1. The summed E-state index contributed by atoms with van der Waals surface area (Å²) in [5.74, 6) is 0.562. The molecule has 0 aliphatic rings. The predicted octanol–water partition coefficient (Wildman–Crippen LogP) is 5.88. The highest BCUT2D eigenvalue weighted by molar-refractivity contribution is 6.35. The molecule has 1 N–H and O–H groups in total. The second kappa shape index (κ2) is 9.59. The van der Waals surface area contributed by atoms with E-state index in [2.05, 4.69) is 39.8 Å². The molecule has 0 saturated heterocycles. The molecule has 0 unspecified atom stereocenters. The molecule has 34 heavy (non-hydrogen) atoms. The molecule has 5 rings (SSSR count). The minimum absolute atomic E-state index is 0.0916. The van der Waals surface area contributed by atoms with Crippen LogP contribution in [0.4, 0.5) is 5.82 Å².